The van der Waals surface area contributed by atoms with Crippen molar-refractivity contribution in [3.05, 3.63) is 45.4 Å². The standard InChI is InChI=1S/C18H24ClN5S/c1-13(2)17-22-15(12-25-17)11-21-18(20)24-9-7-23(8-10-24)16-5-3-14(19)4-6-16/h3-6,12-13H,7-11H2,1-2H3,(H2,20,21). The molecule has 1 fully saturated rings. The number of guanidine groups is 1. The second-order valence-corrected chi connectivity index (χ2v) is 7.78. The molecule has 1 aliphatic rings. The Hall–Kier alpha value is -1.79. The highest BCUT2D eigenvalue weighted by atomic mass is 35.5. The van der Waals surface area contributed by atoms with E-state index in [4.69, 9.17) is 17.3 Å². The second-order valence-electron chi connectivity index (χ2n) is 6.46. The van der Waals surface area contributed by atoms with Gasteiger partial charge in [-0.2, -0.15) is 0 Å². The predicted molar refractivity (Wildman–Crippen MR) is 107 cm³/mol. The zero-order valence-electron chi connectivity index (χ0n) is 14.7. The van der Waals surface area contributed by atoms with Crippen molar-refractivity contribution >= 4 is 34.6 Å². The number of hydrogen-bond donors (Lipinski definition) is 1. The molecule has 1 aliphatic heterocycles. The number of hydrogen-bond acceptors (Lipinski definition) is 4. The molecule has 2 heterocycles. The number of benzene rings is 1. The molecule has 2 aromatic rings. The third-order valence-corrected chi connectivity index (χ3v) is 5.71. The fourth-order valence-corrected chi connectivity index (χ4v) is 3.72. The van der Waals surface area contributed by atoms with Crippen molar-refractivity contribution in [3.63, 3.8) is 0 Å². The zero-order chi connectivity index (χ0) is 17.8. The summed E-state index contributed by atoms with van der Waals surface area (Å²) in [7, 11) is 0. The number of aromatic nitrogens is 1. The number of rotatable bonds is 4. The molecule has 2 N–H and O–H groups in total. The summed E-state index contributed by atoms with van der Waals surface area (Å²) < 4.78 is 0. The van der Waals surface area contributed by atoms with Gasteiger partial charge in [0.15, 0.2) is 5.96 Å². The largest absolute Gasteiger partial charge is 0.370 e. The van der Waals surface area contributed by atoms with E-state index in [1.165, 1.54) is 5.69 Å². The minimum Gasteiger partial charge on any atom is -0.370 e. The van der Waals surface area contributed by atoms with Crippen LogP contribution in [0.2, 0.25) is 5.02 Å². The van der Waals surface area contributed by atoms with Crippen molar-refractivity contribution < 1.29 is 0 Å². The molecular weight excluding hydrogens is 354 g/mol. The van der Waals surface area contributed by atoms with Crippen LogP contribution in [0.4, 0.5) is 5.69 Å². The lowest BCUT2D eigenvalue weighted by Gasteiger charge is -2.36. The van der Waals surface area contributed by atoms with Crippen molar-refractivity contribution in [1.82, 2.24) is 9.88 Å². The lowest BCUT2D eigenvalue weighted by atomic mass is 10.2. The number of nitrogens with two attached hydrogens (primary N) is 1. The van der Waals surface area contributed by atoms with Gasteiger partial charge < -0.3 is 15.5 Å². The highest BCUT2D eigenvalue weighted by Gasteiger charge is 2.18. The Morgan fingerprint density at radius 3 is 2.52 bits per heavy atom. The fraction of sp³-hybridized carbons (Fsp3) is 0.444. The summed E-state index contributed by atoms with van der Waals surface area (Å²) in [4.78, 5) is 13.6. The molecule has 134 valence electrons. The number of piperazine rings is 1. The maximum atomic E-state index is 6.18. The first-order valence-corrected chi connectivity index (χ1v) is 9.78. The summed E-state index contributed by atoms with van der Waals surface area (Å²) in [5.41, 5.74) is 8.38. The van der Waals surface area contributed by atoms with E-state index in [-0.39, 0.29) is 0 Å². The molecule has 7 heteroatoms. The Bertz CT molecular complexity index is 717. The van der Waals surface area contributed by atoms with E-state index in [9.17, 15) is 0 Å². The summed E-state index contributed by atoms with van der Waals surface area (Å²) in [5, 5.41) is 3.99. The number of nitrogens with zero attached hydrogens (tertiary/aromatic N) is 4. The van der Waals surface area contributed by atoms with Gasteiger partial charge in [-0.3, -0.25) is 0 Å². The molecule has 1 saturated heterocycles. The summed E-state index contributed by atoms with van der Waals surface area (Å²) in [6, 6.07) is 7.98. The van der Waals surface area contributed by atoms with Crippen LogP contribution < -0.4 is 10.6 Å². The van der Waals surface area contributed by atoms with Crippen LogP contribution in [0, 0.1) is 0 Å². The van der Waals surface area contributed by atoms with E-state index in [2.05, 4.69) is 51.1 Å². The molecule has 25 heavy (non-hydrogen) atoms. The highest BCUT2D eigenvalue weighted by molar-refractivity contribution is 7.09. The highest BCUT2D eigenvalue weighted by Crippen LogP contribution is 2.20. The molecule has 0 atom stereocenters. The molecule has 0 spiro atoms. The fourth-order valence-electron chi connectivity index (χ4n) is 2.77. The van der Waals surface area contributed by atoms with Crippen molar-refractivity contribution in [2.75, 3.05) is 31.1 Å². The Balaban J connectivity index is 1.53. The summed E-state index contributed by atoms with van der Waals surface area (Å²) in [6.45, 7) is 8.43. The first-order chi connectivity index (χ1) is 12.0. The van der Waals surface area contributed by atoms with Crippen LogP contribution in [-0.2, 0) is 6.54 Å². The molecule has 0 bridgehead atoms. The molecule has 0 radical (unpaired) electrons. The van der Waals surface area contributed by atoms with Crippen LogP contribution in [-0.4, -0.2) is 42.0 Å². The predicted octanol–water partition coefficient (Wildman–Crippen LogP) is 3.56. The van der Waals surface area contributed by atoms with E-state index in [0.29, 0.717) is 18.4 Å². The Morgan fingerprint density at radius 1 is 1.24 bits per heavy atom. The van der Waals surface area contributed by atoms with Crippen LogP contribution in [0.15, 0.2) is 34.6 Å². The Morgan fingerprint density at radius 2 is 1.92 bits per heavy atom. The van der Waals surface area contributed by atoms with Crippen molar-refractivity contribution in [2.45, 2.75) is 26.3 Å². The van der Waals surface area contributed by atoms with Gasteiger partial charge in [0.2, 0.25) is 0 Å². The third-order valence-electron chi connectivity index (χ3n) is 4.26. The number of thiazole rings is 1. The minimum atomic E-state index is 0.459. The minimum absolute atomic E-state index is 0.459. The summed E-state index contributed by atoms with van der Waals surface area (Å²) >= 11 is 7.65. The van der Waals surface area contributed by atoms with E-state index in [1.807, 2.05) is 12.1 Å². The van der Waals surface area contributed by atoms with Gasteiger partial charge in [-0.1, -0.05) is 25.4 Å². The average molecular weight is 378 g/mol. The molecule has 0 unspecified atom stereocenters. The lowest BCUT2D eigenvalue weighted by Crippen LogP contribution is -2.51. The molecule has 1 aromatic heterocycles. The van der Waals surface area contributed by atoms with Gasteiger partial charge in [-0.25, -0.2) is 9.98 Å². The number of aliphatic imine (C=N–C) groups is 1. The second kappa shape index (κ2) is 8.06. The molecule has 3 rings (SSSR count). The number of anilines is 1. The number of halogens is 1. The average Bonchev–Trinajstić information content (AvgIpc) is 3.10. The Labute approximate surface area is 158 Å². The van der Waals surface area contributed by atoms with Gasteiger partial charge in [0.1, 0.15) is 0 Å². The van der Waals surface area contributed by atoms with Gasteiger partial charge >= 0.3 is 0 Å². The molecular formula is C18H24ClN5S. The third kappa shape index (κ3) is 4.64. The van der Waals surface area contributed by atoms with E-state index in [1.54, 1.807) is 11.3 Å². The first kappa shape index (κ1) is 18.0. The Kier molecular flexibility index (Phi) is 5.81. The SMILES string of the molecule is CC(C)c1nc(CN=C(N)N2CCN(c3ccc(Cl)cc3)CC2)cs1. The first-order valence-electron chi connectivity index (χ1n) is 8.52. The topological polar surface area (TPSA) is 57.8 Å². The maximum absolute atomic E-state index is 6.18. The quantitative estimate of drug-likeness (QED) is 0.653. The van der Waals surface area contributed by atoms with Gasteiger partial charge in [0.25, 0.3) is 0 Å². The molecule has 0 aliphatic carbocycles. The summed E-state index contributed by atoms with van der Waals surface area (Å²) in [6.07, 6.45) is 0. The van der Waals surface area contributed by atoms with Gasteiger partial charge in [-0.15, -0.1) is 11.3 Å². The van der Waals surface area contributed by atoms with Crippen molar-refractivity contribution in [2.24, 2.45) is 10.7 Å². The van der Waals surface area contributed by atoms with Crippen LogP contribution in [0.1, 0.15) is 30.5 Å². The van der Waals surface area contributed by atoms with Gasteiger partial charge in [0, 0.05) is 48.2 Å². The molecule has 0 amide bonds. The van der Waals surface area contributed by atoms with E-state index >= 15 is 0 Å². The van der Waals surface area contributed by atoms with Crippen molar-refractivity contribution in [1.29, 1.82) is 0 Å². The van der Waals surface area contributed by atoms with E-state index in [0.717, 1.165) is 41.9 Å². The maximum Gasteiger partial charge on any atom is 0.191 e. The van der Waals surface area contributed by atoms with Gasteiger partial charge in [-0.05, 0) is 24.3 Å². The van der Waals surface area contributed by atoms with Crippen LogP contribution in [0.5, 0.6) is 0 Å². The molecule has 5 nitrogen and oxygen atoms in total. The monoisotopic (exact) mass is 377 g/mol. The lowest BCUT2D eigenvalue weighted by molar-refractivity contribution is 0.380. The zero-order valence-corrected chi connectivity index (χ0v) is 16.2. The normalized spacial score (nSPS) is 15.9. The van der Waals surface area contributed by atoms with Crippen LogP contribution in [0.25, 0.3) is 0 Å². The van der Waals surface area contributed by atoms with Crippen LogP contribution >= 0.6 is 22.9 Å². The van der Waals surface area contributed by atoms with Crippen molar-refractivity contribution in [3.8, 4) is 0 Å². The summed E-state index contributed by atoms with van der Waals surface area (Å²) in [5.74, 6) is 1.07. The smallest absolute Gasteiger partial charge is 0.191 e. The molecule has 0 saturated carbocycles. The van der Waals surface area contributed by atoms with E-state index < -0.39 is 0 Å². The van der Waals surface area contributed by atoms with Gasteiger partial charge in [0.05, 0.1) is 17.2 Å². The molecule has 1 aromatic carbocycles. The van der Waals surface area contributed by atoms with Crippen LogP contribution in [0.3, 0.4) is 0 Å².